The van der Waals surface area contributed by atoms with Crippen LogP contribution in [0.4, 0.5) is 0 Å². The molecule has 0 saturated heterocycles. The molecule has 0 atom stereocenters. The van der Waals surface area contributed by atoms with E-state index in [1.165, 1.54) is 18.9 Å². The third-order valence-electron chi connectivity index (χ3n) is 3.73. The van der Waals surface area contributed by atoms with E-state index in [2.05, 4.69) is 20.9 Å². The maximum Gasteiger partial charge on any atom is 0.258 e. The summed E-state index contributed by atoms with van der Waals surface area (Å²) in [5.74, 6) is 0.691. The minimum absolute atomic E-state index is 0.0916. The summed E-state index contributed by atoms with van der Waals surface area (Å²) < 4.78 is 12.7. The van der Waals surface area contributed by atoms with Crippen LogP contribution in [0.1, 0.15) is 32.2 Å². The SMILES string of the molecule is COc1cc(CNn2c(C)nnc2SCC(N)=O)cc(Cl)c1OCC(=O)NC(C)(C)C. The van der Waals surface area contributed by atoms with Gasteiger partial charge in [-0.1, -0.05) is 23.4 Å². The first kappa shape index (κ1) is 24.6. The Morgan fingerprint density at radius 3 is 2.61 bits per heavy atom. The number of primary amides is 1. The van der Waals surface area contributed by atoms with Crippen molar-refractivity contribution in [3.63, 3.8) is 0 Å². The van der Waals surface area contributed by atoms with Gasteiger partial charge in [-0.2, -0.15) is 0 Å². The van der Waals surface area contributed by atoms with E-state index in [9.17, 15) is 9.59 Å². The number of hydrogen-bond donors (Lipinski definition) is 3. The standard InChI is InChI=1S/C19H27ClN6O4S/c1-11-24-25-18(31-10-15(21)27)26(11)22-8-12-6-13(20)17(14(7-12)29-5)30-9-16(28)23-19(2,3)4/h6-7,22H,8-10H2,1-5H3,(H2,21,27)(H,23,28). The molecule has 31 heavy (non-hydrogen) atoms. The van der Waals surface area contributed by atoms with Crippen LogP contribution in [0.2, 0.25) is 5.02 Å². The Balaban J connectivity index is 2.09. The number of methoxy groups -OCH3 is 1. The van der Waals surface area contributed by atoms with Crippen molar-refractivity contribution in [1.29, 1.82) is 0 Å². The zero-order chi connectivity index (χ0) is 23.2. The van der Waals surface area contributed by atoms with E-state index >= 15 is 0 Å². The summed E-state index contributed by atoms with van der Waals surface area (Å²) in [5.41, 5.74) is 8.81. The highest BCUT2D eigenvalue weighted by molar-refractivity contribution is 7.99. The van der Waals surface area contributed by atoms with Crippen LogP contribution in [-0.4, -0.2) is 51.7 Å². The van der Waals surface area contributed by atoms with Gasteiger partial charge in [0.05, 0.1) is 24.4 Å². The molecule has 10 nitrogen and oxygen atoms in total. The summed E-state index contributed by atoms with van der Waals surface area (Å²) in [4.78, 5) is 23.1. The summed E-state index contributed by atoms with van der Waals surface area (Å²) in [6, 6.07) is 3.47. The van der Waals surface area contributed by atoms with Crippen LogP contribution in [0.25, 0.3) is 0 Å². The Bertz CT molecular complexity index is 944. The lowest BCUT2D eigenvalue weighted by molar-refractivity contribution is -0.124. The van der Waals surface area contributed by atoms with Crippen molar-refractivity contribution in [3.8, 4) is 11.5 Å². The quantitative estimate of drug-likeness (QED) is 0.448. The number of carbonyl (C=O) groups excluding carboxylic acids is 2. The fourth-order valence-corrected chi connectivity index (χ4v) is 3.52. The molecule has 2 amide bonds. The molecule has 1 aromatic heterocycles. The monoisotopic (exact) mass is 470 g/mol. The van der Waals surface area contributed by atoms with E-state index in [-0.39, 0.29) is 29.6 Å². The summed E-state index contributed by atoms with van der Waals surface area (Å²) >= 11 is 7.57. The molecule has 0 aliphatic carbocycles. The average molecular weight is 471 g/mol. The molecule has 0 saturated carbocycles. The van der Waals surface area contributed by atoms with Crippen LogP contribution < -0.4 is 25.9 Å². The Labute approximate surface area is 190 Å². The number of thioether (sulfide) groups is 1. The van der Waals surface area contributed by atoms with E-state index in [0.29, 0.717) is 28.3 Å². The first-order chi connectivity index (χ1) is 14.5. The summed E-state index contributed by atoms with van der Waals surface area (Å²) in [6.45, 7) is 7.61. The molecule has 2 aromatic rings. The van der Waals surface area contributed by atoms with Crippen molar-refractivity contribution >= 4 is 35.2 Å². The van der Waals surface area contributed by atoms with Gasteiger partial charge in [0.1, 0.15) is 5.82 Å². The minimum Gasteiger partial charge on any atom is -0.493 e. The number of nitrogens with one attached hydrogen (secondary N) is 2. The number of aryl methyl sites for hydroxylation is 1. The van der Waals surface area contributed by atoms with Crippen LogP contribution in [-0.2, 0) is 16.1 Å². The summed E-state index contributed by atoms with van der Waals surface area (Å²) in [6.07, 6.45) is 0. The number of aromatic nitrogens is 3. The predicted octanol–water partition coefficient (Wildman–Crippen LogP) is 1.86. The third-order valence-corrected chi connectivity index (χ3v) is 4.96. The first-order valence-corrected chi connectivity index (χ1v) is 10.7. The largest absolute Gasteiger partial charge is 0.493 e. The molecule has 0 radical (unpaired) electrons. The molecule has 170 valence electrons. The van der Waals surface area contributed by atoms with E-state index in [4.69, 9.17) is 26.8 Å². The lowest BCUT2D eigenvalue weighted by atomic mass is 10.1. The van der Waals surface area contributed by atoms with Gasteiger partial charge in [0.2, 0.25) is 11.1 Å². The molecule has 0 aliphatic heterocycles. The number of amides is 2. The Morgan fingerprint density at radius 2 is 2.00 bits per heavy atom. The molecule has 0 fully saturated rings. The van der Waals surface area contributed by atoms with Crippen molar-refractivity contribution in [3.05, 3.63) is 28.5 Å². The van der Waals surface area contributed by atoms with Gasteiger partial charge in [-0.05, 0) is 45.4 Å². The highest BCUT2D eigenvalue weighted by Gasteiger charge is 2.18. The highest BCUT2D eigenvalue weighted by Crippen LogP contribution is 2.36. The Hall–Kier alpha value is -2.66. The lowest BCUT2D eigenvalue weighted by Crippen LogP contribution is -2.43. The van der Waals surface area contributed by atoms with Gasteiger partial charge in [-0.15, -0.1) is 10.2 Å². The molecule has 0 bridgehead atoms. The van der Waals surface area contributed by atoms with Gasteiger partial charge >= 0.3 is 0 Å². The van der Waals surface area contributed by atoms with Crippen LogP contribution in [0, 0.1) is 6.92 Å². The van der Waals surface area contributed by atoms with Crippen molar-refractivity contribution < 1.29 is 19.1 Å². The van der Waals surface area contributed by atoms with Crippen molar-refractivity contribution in [2.45, 2.75) is 44.9 Å². The molecule has 1 aromatic carbocycles. The Kier molecular flexibility index (Phi) is 8.40. The predicted molar refractivity (Wildman–Crippen MR) is 119 cm³/mol. The van der Waals surface area contributed by atoms with Gasteiger partial charge in [0.15, 0.2) is 18.1 Å². The van der Waals surface area contributed by atoms with Crippen LogP contribution in [0.15, 0.2) is 17.3 Å². The van der Waals surface area contributed by atoms with Crippen LogP contribution in [0.5, 0.6) is 11.5 Å². The number of benzene rings is 1. The number of nitrogens with zero attached hydrogens (tertiary/aromatic N) is 3. The first-order valence-electron chi connectivity index (χ1n) is 9.37. The molecule has 12 heteroatoms. The fraction of sp³-hybridized carbons (Fsp3) is 0.474. The van der Waals surface area contributed by atoms with Gasteiger partial charge in [0, 0.05) is 5.54 Å². The molecule has 0 unspecified atom stereocenters. The smallest absolute Gasteiger partial charge is 0.258 e. The highest BCUT2D eigenvalue weighted by atomic mass is 35.5. The van der Waals surface area contributed by atoms with Crippen molar-refractivity contribution in [2.75, 3.05) is 24.9 Å². The second kappa shape index (κ2) is 10.6. The van der Waals surface area contributed by atoms with Crippen LogP contribution in [0.3, 0.4) is 0 Å². The van der Waals surface area contributed by atoms with Crippen LogP contribution >= 0.6 is 23.4 Å². The van der Waals surface area contributed by atoms with Gasteiger partial charge in [-0.3, -0.25) is 9.59 Å². The third kappa shape index (κ3) is 7.51. The van der Waals surface area contributed by atoms with E-state index in [1.54, 1.807) is 23.7 Å². The summed E-state index contributed by atoms with van der Waals surface area (Å²) in [7, 11) is 1.49. The van der Waals surface area contributed by atoms with E-state index in [0.717, 1.165) is 5.56 Å². The molecule has 0 spiro atoms. The molecule has 4 N–H and O–H groups in total. The number of hydrogen-bond acceptors (Lipinski definition) is 8. The van der Waals surface area contributed by atoms with Gasteiger partial charge in [-0.25, -0.2) is 4.68 Å². The summed E-state index contributed by atoms with van der Waals surface area (Å²) in [5, 5.41) is 11.7. The molecule has 1 heterocycles. The maximum atomic E-state index is 12.0. The Morgan fingerprint density at radius 1 is 1.29 bits per heavy atom. The molecular weight excluding hydrogens is 444 g/mol. The van der Waals surface area contributed by atoms with Crippen molar-refractivity contribution in [2.24, 2.45) is 5.73 Å². The second-order valence-corrected chi connectivity index (χ2v) is 9.00. The topological polar surface area (TPSA) is 133 Å². The van der Waals surface area contributed by atoms with Crippen molar-refractivity contribution in [1.82, 2.24) is 20.2 Å². The minimum atomic E-state index is -0.444. The molecular formula is C19H27ClN6O4S. The number of ether oxygens (including phenoxy) is 2. The number of rotatable bonds is 10. The normalized spacial score (nSPS) is 11.2. The van der Waals surface area contributed by atoms with Gasteiger partial charge < -0.3 is 25.9 Å². The maximum absolute atomic E-state index is 12.0. The average Bonchev–Trinajstić information content (AvgIpc) is 3.01. The number of carbonyl (C=O) groups is 2. The fourth-order valence-electron chi connectivity index (χ4n) is 2.53. The zero-order valence-electron chi connectivity index (χ0n) is 18.1. The number of nitrogens with two attached hydrogens (primary N) is 1. The van der Waals surface area contributed by atoms with E-state index < -0.39 is 5.91 Å². The zero-order valence-corrected chi connectivity index (χ0v) is 19.7. The number of halogens is 1. The van der Waals surface area contributed by atoms with Gasteiger partial charge in [0.25, 0.3) is 5.91 Å². The molecule has 0 aliphatic rings. The molecule has 2 rings (SSSR count). The lowest BCUT2D eigenvalue weighted by Gasteiger charge is -2.21. The second-order valence-electron chi connectivity index (χ2n) is 7.65. The van der Waals surface area contributed by atoms with E-state index in [1.807, 2.05) is 20.8 Å².